The van der Waals surface area contributed by atoms with Gasteiger partial charge in [-0.2, -0.15) is 5.10 Å². The summed E-state index contributed by atoms with van der Waals surface area (Å²) in [4.78, 5) is 23.9. The van der Waals surface area contributed by atoms with E-state index < -0.39 is 0 Å². The van der Waals surface area contributed by atoms with Crippen LogP contribution in [0.15, 0.2) is 35.4 Å². The summed E-state index contributed by atoms with van der Waals surface area (Å²) in [6.07, 6.45) is 8.02. The fraction of sp³-hybridized carbons (Fsp3) is 0.625. The summed E-state index contributed by atoms with van der Waals surface area (Å²) in [6, 6.07) is 9.94. The molecule has 0 aromatic heterocycles. The van der Waals surface area contributed by atoms with Crippen molar-refractivity contribution in [1.82, 2.24) is 5.43 Å². The first-order valence-corrected chi connectivity index (χ1v) is 10.8. The fourth-order valence-electron chi connectivity index (χ4n) is 2.98. The largest absolute Gasteiger partial charge is 0.299 e. The van der Waals surface area contributed by atoms with Crippen molar-refractivity contribution in [2.45, 2.75) is 85.5 Å². The maximum Gasteiger partial charge on any atom is 0.240 e. The number of Topliss-reactive ketones (excluding diaryl/α,β-unsaturated/α-hetero) is 1. The zero-order chi connectivity index (χ0) is 20.8. The topological polar surface area (TPSA) is 58.5 Å². The first-order valence-electron chi connectivity index (χ1n) is 10.8. The Morgan fingerprint density at radius 1 is 0.857 bits per heavy atom. The number of ketones is 1. The van der Waals surface area contributed by atoms with E-state index in [4.69, 9.17) is 0 Å². The van der Waals surface area contributed by atoms with Crippen LogP contribution in [0.2, 0.25) is 0 Å². The van der Waals surface area contributed by atoms with Crippen molar-refractivity contribution in [3.63, 3.8) is 0 Å². The number of rotatable bonds is 14. The summed E-state index contributed by atoms with van der Waals surface area (Å²) in [5, 5.41) is 4.40. The van der Waals surface area contributed by atoms with Gasteiger partial charge < -0.3 is 0 Å². The molecule has 1 aromatic carbocycles. The number of carbonyl (C=O) groups excluding carboxylic acids is 2. The van der Waals surface area contributed by atoms with Crippen molar-refractivity contribution in [3.8, 4) is 0 Å². The van der Waals surface area contributed by atoms with Crippen LogP contribution in [0.4, 0.5) is 0 Å². The molecule has 0 aliphatic rings. The predicted molar refractivity (Wildman–Crippen MR) is 117 cm³/mol. The van der Waals surface area contributed by atoms with E-state index in [0.717, 1.165) is 49.3 Å². The van der Waals surface area contributed by atoms with Crippen molar-refractivity contribution < 1.29 is 9.59 Å². The Kier molecular flexibility index (Phi) is 12.1. The Hall–Kier alpha value is -1.97. The van der Waals surface area contributed by atoms with E-state index in [0.29, 0.717) is 18.6 Å². The van der Waals surface area contributed by atoms with Crippen molar-refractivity contribution in [1.29, 1.82) is 0 Å². The van der Waals surface area contributed by atoms with Gasteiger partial charge in [-0.25, -0.2) is 5.43 Å². The molecule has 28 heavy (non-hydrogen) atoms. The standard InChI is InChI=1S/C24H38N2O2/c1-19(2)13-7-5-10-18-24(28)26-25-22(21-14-8-6-9-15-21)16-11-12-17-23(27)20(3)4/h6,8-9,14-15,19-20H,5,7,10-13,16-18H2,1-4H3,(H,26,28)/b25-22-. The molecule has 0 saturated heterocycles. The van der Waals surface area contributed by atoms with E-state index in [1.807, 2.05) is 44.2 Å². The van der Waals surface area contributed by atoms with Crippen LogP contribution in [0.25, 0.3) is 0 Å². The summed E-state index contributed by atoms with van der Waals surface area (Å²) in [7, 11) is 0. The average molecular weight is 387 g/mol. The summed E-state index contributed by atoms with van der Waals surface area (Å²) in [5.41, 5.74) is 4.63. The van der Waals surface area contributed by atoms with Crippen LogP contribution in [0.3, 0.4) is 0 Å². The van der Waals surface area contributed by atoms with Crippen LogP contribution in [0.1, 0.15) is 91.0 Å². The molecule has 1 aromatic rings. The van der Waals surface area contributed by atoms with Gasteiger partial charge >= 0.3 is 0 Å². The molecule has 0 unspecified atom stereocenters. The number of nitrogens with one attached hydrogen (secondary N) is 1. The van der Waals surface area contributed by atoms with Gasteiger partial charge in [0.1, 0.15) is 5.78 Å². The van der Waals surface area contributed by atoms with Gasteiger partial charge in [-0.3, -0.25) is 9.59 Å². The minimum Gasteiger partial charge on any atom is -0.299 e. The second-order valence-electron chi connectivity index (χ2n) is 8.28. The monoisotopic (exact) mass is 386 g/mol. The van der Waals surface area contributed by atoms with Crippen molar-refractivity contribution in [2.24, 2.45) is 16.9 Å². The number of benzene rings is 1. The molecule has 156 valence electrons. The zero-order valence-corrected chi connectivity index (χ0v) is 18.2. The Labute approximate surface area is 171 Å². The third-order valence-electron chi connectivity index (χ3n) is 4.84. The number of hydrogen-bond donors (Lipinski definition) is 1. The van der Waals surface area contributed by atoms with Gasteiger partial charge in [-0.15, -0.1) is 0 Å². The Morgan fingerprint density at radius 3 is 2.14 bits per heavy atom. The Morgan fingerprint density at radius 2 is 1.50 bits per heavy atom. The molecule has 0 bridgehead atoms. The van der Waals surface area contributed by atoms with Gasteiger partial charge in [0.25, 0.3) is 0 Å². The number of unbranched alkanes of at least 4 members (excludes halogenated alkanes) is 3. The molecule has 0 aliphatic heterocycles. The second-order valence-corrected chi connectivity index (χ2v) is 8.28. The Balaban J connectivity index is 2.48. The number of hydrogen-bond acceptors (Lipinski definition) is 3. The first kappa shape index (κ1) is 24.1. The van der Waals surface area contributed by atoms with Gasteiger partial charge in [0, 0.05) is 18.8 Å². The van der Waals surface area contributed by atoms with Gasteiger partial charge in [0.05, 0.1) is 5.71 Å². The lowest BCUT2D eigenvalue weighted by atomic mass is 10.00. The number of hydrazone groups is 1. The zero-order valence-electron chi connectivity index (χ0n) is 18.2. The summed E-state index contributed by atoms with van der Waals surface area (Å²) in [6.45, 7) is 8.34. The highest BCUT2D eigenvalue weighted by atomic mass is 16.2. The number of carbonyl (C=O) groups is 2. The van der Waals surface area contributed by atoms with E-state index in [1.54, 1.807) is 0 Å². The lowest BCUT2D eigenvalue weighted by Gasteiger charge is -2.09. The molecule has 0 spiro atoms. The molecule has 4 heteroatoms. The first-order chi connectivity index (χ1) is 13.4. The quantitative estimate of drug-likeness (QED) is 0.246. The van der Waals surface area contributed by atoms with Gasteiger partial charge in [0.2, 0.25) is 5.91 Å². The van der Waals surface area contributed by atoms with Crippen LogP contribution < -0.4 is 5.43 Å². The molecule has 1 rings (SSSR count). The molecule has 0 heterocycles. The molecular formula is C24H38N2O2. The molecule has 1 N–H and O–H groups in total. The van der Waals surface area contributed by atoms with Crippen molar-refractivity contribution in [2.75, 3.05) is 0 Å². The SMILES string of the molecule is CC(C)CCCCCC(=O)N/N=C(/CCCCC(=O)C(C)C)c1ccccc1. The van der Waals surface area contributed by atoms with E-state index in [9.17, 15) is 9.59 Å². The lowest BCUT2D eigenvalue weighted by molar-refractivity contribution is -0.122. The predicted octanol–water partition coefficient (Wildman–Crippen LogP) is 5.90. The summed E-state index contributed by atoms with van der Waals surface area (Å²) >= 11 is 0. The summed E-state index contributed by atoms with van der Waals surface area (Å²) < 4.78 is 0. The summed E-state index contributed by atoms with van der Waals surface area (Å²) in [5.74, 6) is 1.11. The molecular weight excluding hydrogens is 348 g/mol. The van der Waals surface area contributed by atoms with Gasteiger partial charge in [-0.1, -0.05) is 77.3 Å². The smallest absolute Gasteiger partial charge is 0.240 e. The lowest BCUT2D eigenvalue weighted by Crippen LogP contribution is -2.20. The van der Waals surface area contributed by atoms with Gasteiger partial charge in [0.15, 0.2) is 0 Å². The van der Waals surface area contributed by atoms with Crippen LogP contribution >= 0.6 is 0 Å². The maximum absolute atomic E-state index is 12.1. The van der Waals surface area contributed by atoms with E-state index in [-0.39, 0.29) is 11.8 Å². The van der Waals surface area contributed by atoms with E-state index in [2.05, 4.69) is 24.4 Å². The minimum atomic E-state index is -0.0204. The number of amides is 1. The molecule has 0 atom stereocenters. The van der Waals surface area contributed by atoms with E-state index in [1.165, 1.54) is 12.8 Å². The number of nitrogens with zero attached hydrogens (tertiary/aromatic N) is 1. The average Bonchev–Trinajstić information content (AvgIpc) is 2.67. The van der Waals surface area contributed by atoms with Crippen LogP contribution in [-0.2, 0) is 9.59 Å². The highest BCUT2D eigenvalue weighted by Crippen LogP contribution is 2.12. The fourth-order valence-corrected chi connectivity index (χ4v) is 2.98. The van der Waals surface area contributed by atoms with E-state index >= 15 is 0 Å². The second kappa shape index (κ2) is 14.1. The van der Waals surface area contributed by atoms with Crippen LogP contribution in [0, 0.1) is 11.8 Å². The molecule has 4 nitrogen and oxygen atoms in total. The normalized spacial score (nSPS) is 11.9. The third-order valence-corrected chi connectivity index (χ3v) is 4.84. The van der Waals surface area contributed by atoms with Crippen molar-refractivity contribution >= 4 is 17.4 Å². The molecule has 0 radical (unpaired) electrons. The minimum absolute atomic E-state index is 0.0204. The van der Waals surface area contributed by atoms with Crippen molar-refractivity contribution in [3.05, 3.63) is 35.9 Å². The highest BCUT2D eigenvalue weighted by Gasteiger charge is 2.09. The van der Waals surface area contributed by atoms with Crippen LogP contribution in [0.5, 0.6) is 0 Å². The highest BCUT2D eigenvalue weighted by molar-refractivity contribution is 6.01. The Bertz CT molecular complexity index is 606. The van der Waals surface area contributed by atoms with Crippen LogP contribution in [-0.4, -0.2) is 17.4 Å². The van der Waals surface area contributed by atoms with Gasteiger partial charge in [-0.05, 0) is 37.2 Å². The molecule has 0 fully saturated rings. The molecule has 1 amide bonds. The molecule has 0 aliphatic carbocycles. The third kappa shape index (κ3) is 11.0. The maximum atomic E-state index is 12.1. The molecule has 0 saturated carbocycles.